The van der Waals surface area contributed by atoms with Crippen LogP contribution in [0.1, 0.15) is 37.8 Å². The Morgan fingerprint density at radius 1 is 1.08 bits per heavy atom. The molecule has 0 atom stereocenters. The number of amides is 1. The maximum absolute atomic E-state index is 13.5. The first kappa shape index (κ1) is 26.0. The number of rotatable bonds is 11. The van der Waals surface area contributed by atoms with E-state index < -0.39 is 5.92 Å². The lowest BCUT2D eigenvalue weighted by Crippen LogP contribution is -2.33. The second-order valence-corrected chi connectivity index (χ2v) is 10.7. The van der Waals surface area contributed by atoms with E-state index in [0.717, 1.165) is 28.0 Å². The Morgan fingerprint density at radius 2 is 1.79 bits per heavy atom. The summed E-state index contributed by atoms with van der Waals surface area (Å²) in [5.41, 5.74) is 2.45. The molecule has 38 heavy (non-hydrogen) atoms. The molecule has 0 unspecified atom stereocenters. The van der Waals surface area contributed by atoms with Gasteiger partial charge in [0.2, 0.25) is 5.91 Å². The molecule has 198 valence electrons. The van der Waals surface area contributed by atoms with Crippen LogP contribution >= 0.6 is 11.8 Å². The minimum absolute atomic E-state index is 0.0754. The zero-order valence-electron chi connectivity index (χ0n) is 21.8. The Labute approximate surface area is 226 Å². The first-order valence-electron chi connectivity index (χ1n) is 12.9. The van der Waals surface area contributed by atoms with Crippen molar-refractivity contribution in [3.05, 3.63) is 65.9 Å². The van der Waals surface area contributed by atoms with E-state index in [1.807, 2.05) is 60.1 Å². The molecule has 0 saturated heterocycles. The number of anilines is 1. The predicted molar refractivity (Wildman–Crippen MR) is 149 cm³/mol. The summed E-state index contributed by atoms with van der Waals surface area (Å²) in [5.74, 6) is 1.64. The van der Waals surface area contributed by atoms with Crippen molar-refractivity contribution in [3.8, 4) is 11.5 Å². The highest BCUT2D eigenvalue weighted by atomic mass is 32.2. The van der Waals surface area contributed by atoms with Crippen molar-refractivity contribution in [2.75, 3.05) is 31.6 Å². The van der Waals surface area contributed by atoms with Crippen LogP contribution in [0.25, 0.3) is 11.0 Å². The molecule has 2 aromatic carbocycles. The second kappa shape index (κ2) is 11.8. The number of nitrogens with zero attached hydrogens (tertiary/aromatic N) is 4. The third-order valence-corrected chi connectivity index (χ3v) is 6.99. The standard InChI is InChI=1S/C28H32N6O3S/c1-4-36-16-14-29-25-21-17-31-34(26(21)33-28(32-25)38-18(2)3)15-13-30-27(35)24-19-9-5-7-11-22(19)37-23-12-8-6-10-20(23)24/h5-12,17-18,24H,4,13-16H2,1-3H3,(H,30,35)(H,29,32,33). The third kappa shape index (κ3) is 5.61. The van der Waals surface area contributed by atoms with Gasteiger partial charge >= 0.3 is 0 Å². The zero-order valence-corrected chi connectivity index (χ0v) is 22.6. The number of hydrogen-bond donors (Lipinski definition) is 2. The van der Waals surface area contributed by atoms with Crippen LogP contribution in [0, 0.1) is 0 Å². The topological polar surface area (TPSA) is 103 Å². The molecule has 0 spiro atoms. The Hall–Kier alpha value is -3.63. The number of fused-ring (bicyclic) bond motifs is 3. The largest absolute Gasteiger partial charge is 0.457 e. The van der Waals surface area contributed by atoms with Crippen molar-refractivity contribution >= 4 is 34.5 Å². The molecule has 3 heterocycles. The lowest BCUT2D eigenvalue weighted by atomic mass is 9.87. The Morgan fingerprint density at radius 3 is 2.47 bits per heavy atom. The quantitative estimate of drug-likeness (QED) is 0.161. The molecule has 2 N–H and O–H groups in total. The molecule has 0 fully saturated rings. The number of carbonyl (C=O) groups excluding carboxylic acids is 1. The first-order chi connectivity index (χ1) is 18.5. The van der Waals surface area contributed by atoms with Gasteiger partial charge in [-0.25, -0.2) is 14.6 Å². The smallest absolute Gasteiger partial charge is 0.232 e. The Balaban J connectivity index is 1.33. The summed E-state index contributed by atoms with van der Waals surface area (Å²) in [7, 11) is 0. The molecular formula is C28H32N6O3S. The summed E-state index contributed by atoms with van der Waals surface area (Å²) in [5, 5.41) is 12.9. The summed E-state index contributed by atoms with van der Waals surface area (Å²) < 4.78 is 13.3. The maximum Gasteiger partial charge on any atom is 0.232 e. The Kier molecular flexibility index (Phi) is 8.09. The molecule has 1 aliphatic rings. The lowest BCUT2D eigenvalue weighted by Gasteiger charge is -2.27. The summed E-state index contributed by atoms with van der Waals surface area (Å²) in [6.45, 7) is 8.98. The average molecular weight is 533 g/mol. The highest BCUT2D eigenvalue weighted by Gasteiger charge is 2.32. The molecule has 10 heteroatoms. The van der Waals surface area contributed by atoms with Crippen molar-refractivity contribution in [1.82, 2.24) is 25.1 Å². The molecule has 0 bridgehead atoms. The zero-order chi connectivity index (χ0) is 26.5. The lowest BCUT2D eigenvalue weighted by molar-refractivity contribution is -0.121. The van der Waals surface area contributed by atoms with Crippen LogP contribution in [0.2, 0.25) is 0 Å². The van der Waals surface area contributed by atoms with Gasteiger partial charge in [0, 0.05) is 36.1 Å². The van der Waals surface area contributed by atoms with Gasteiger partial charge in [0.05, 0.1) is 30.7 Å². The number of carbonyl (C=O) groups is 1. The fourth-order valence-electron chi connectivity index (χ4n) is 4.46. The molecule has 0 saturated carbocycles. The average Bonchev–Trinajstić information content (AvgIpc) is 3.32. The van der Waals surface area contributed by atoms with E-state index in [9.17, 15) is 4.79 Å². The van der Waals surface area contributed by atoms with E-state index in [-0.39, 0.29) is 5.91 Å². The Bertz CT molecular complexity index is 1380. The summed E-state index contributed by atoms with van der Waals surface area (Å²) in [6.07, 6.45) is 1.77. The minimum atomic E-state index is -0.442. The number of hydrogen-bond acceptors (Lipinski definition) is 8. The minimum Gasteiger partial charge on any atom is -0.457 e. The number of nitrogens with one attached hydrogen (secondary N) is 2. The van der Waals surface area contributed by atoms with Crippen LogP contribution in [0.5, 0.6) is 11.5 Å². The maximum atomic E-state index is 13.5. The van der Waals surface area contributed by atoms with Crippen LogP contribution in [0.4, 0.5) is 5.82 Å². The fourth-order valence-corrected chi connectivity index (χ4v) is 5.17. The molecular weight excluding hydrogens is 500 g/mol. The van der Waals surface area contributed by atoms with Gasteiger partial charge in [0.25, 0.3) is 0 Å². The fraction of sp³-hybridized carbons (Fsp3) is 0.357. The second-order valence-electron chi connectivity index (χ2n) is 9.15. The number of para-hydroxylation sites is 2. The monoisotopic (exact) mass is 532 g/mol. The van der Waals surface area contributed by atoms with Gasteiger partial charge in [0.15, 0.2) is 10.8 Å². The van der Waals surface area contributed by atoms with E-state index in [2.05, 4.69) is 29.6 Å². The summed E-state index contributed by atoms with van der Waals surface area (Å²) in [4.78, 5) is 23.0. The van der Waals surface area contributed by atoms with E-state index in [0.29, 0.717) is 54.8 Å². The van der Waals surface area contributed by atoms with Crippen LogP contribution in [0.15, 0.2) is 59.9 Å². The van der Waals surface area contributed by atoms with Gasteiger partial charge in [-0.05, 0) is 19.1 Å². The van der Waals surface area contributed by atoms with Crippen LogP contribution in [0.3, 0.4) is 0 Å². The van der Waals surface area contributed by atoms with Gasteiger partial charge in [-0.2, -0.15) is 5.10 Å². The highest BCUT2D eigenvalue weighted by molar-refractivity contribution is 7.99. The number of ether oxygens (including phenoxy) is 2. The van der Waals surface area contributed by atoms with Gasteiger partial charge in [0.1, 0.15) is 17.3 Å². The number of thioether (sulfide) groups is 1. The molecule has 1 amide bonds. The van der Waals surface area contributed by atoms with Crippen molar-refractivity contribution in [1.29, 1.82) is 0 Å². The molecule has 0 aliphatic carbocycles. The molecule has 4 aromatic rings. The van der Waals surface area contributed by atoms with Crippen molar-refractivity contribution < 1.29 is 14.3 Å². The molecule has 1 aliphatic heterocycles. The van der Waals surface area contributed by atoms with E-state index >= 15 is 0 Å². The van der Waals surface area contributed by atoms with Crippen molar-refractivity contribution in [3.63, 3.8) is 0 Å². The van der Waals surface area contributed by atoms with Gasteiger partial charge in [-0.3, -0.25) is 4.79 Å². The number of aromatic nitrogens is 4. The van der Waals surface area contributed by atoms with Gasteiger partial charge in [-0.15, -0.1) is 0 Å². The molecule has 2 aromatic heterocycles. The molecule has 9 nitrogen and oxygen atoms in total. The van der Waals surface area contributed by atoms with Crippen molar-refractivity contribution in [2.24, 2.45) is 0 Å². The van der Waals surface area contributed by atoms with Crippen LogP contribution < -0.4 is 15.4 Å². The van der Waals surface area contributed by atoms with E-state index in [1.165, 1.54) is 0 Å². The van der Waals surface area contributed by atoms with Crippen LogP contribution in [-0.2, 0) is 16.1 Å². The third-order valence-electron chi connectivity index (χ3n) is 6.12. The van der Waals surface area contributed by atoms with E-state index in [1.54, 1.807) is 18.0 Å². The van der Waals surface area contributed by atoms with Crippen molar-refractivity contribution in [2.45, 2.75) is 43.6 Å². The first-order valence-corrected chi connectivity index (χ1v) is 13.8. The molecule has 5 rings (SSSR count). The van der Waals surface area contributed by atoms with E-state index in [4.69, 9.17) is 19.4 Å². The SMILES string of the molecule is CCOCCNc1nc(SC(C)C)nc2c1cnn2CCNC(=O)C1c2ccccc2Oc2ccccc21. The predicted octanol–water partition coefficient (Wildman–Crippen LogP) is 4.83. The van der Waals surface area contributed by atoms with Gasteiger partial charge < -0.3 is 20.1 Å². The number of benzene rings is 2. The molecule has 0 radical (unpaired) electrons. The van der Waals surface area contributed by atoms with Gasteiger partial charge in [-0.1, -0.05) is 62.0 Å². The normalized spacial score (nSPS) is 12.7. The summed E-state index contributed by atoms with van der Waals surface area (Å²) >= 11 is 1.60. The highest BCUT2D eigenvalue weighted by Crippen LogP contribution is 2.43. The van der Waals surface area contributed by atoms with Crippen LogP contribution in [-0.4, -0.2) is 57.2 Å². The summed E-state index contributed by atoms with van der Waals surface area (Å²) in [6, 6.07) is 15.4.